The third-order valence-corrected chi connectivity index (χ3v) is 4.57. The molecular weight excluding hydrogens is 358 g/mol. The number of carboxylic acids is 1. The number of fused-ring (bicyclic) bond motifs is 1. The highest BCUT2D eigenvalue weighted by Gasteiger charge is 2.16. The van der Waals surface area contributed by atoms with E-state index in [1.807, 2.05) is 12.1 Å². The molecule has 28 heavy (non-hydrogen) atoms. The van der Waals surface area contributed by atoms with Crippen molar-refractivity contribution in [3.8, 4) is 17.1 Å². The zero-order chi connectivity index (χ0) is 20.3. The second-order valence-electron chi connectivity index (χ2n) is 6.26. The number of carboxylic acid groups (broad SMARTS) is 1. The summed E-state index contributed by atoms with van der Waals surface area (Å²) in [5.74, 6) is -1.43. The summed E-state index contributed by atoms with van der Waals surface area (Å²) in [6, 6.07) is 12.1. The van der Waals surface area contributed by atoms with Crippen molar-refractivity contribution in [3.63, 3.8) is 0 Å². The van der Waals surface area contributed by atoms with E-state index < -0.39 is 17.1 Å². The highest BCUT2D eigenvalue weighted by molar-refractivity contribution is 5.88. The van der Waals surface area contributed by atoms with Gasteiger partial charge in [-0.3, -0.25) is 4.79 Å². The number of hydrogen-bond acceptors (Lipinski definition) is 5. The minimum atomic E-state index is -1.07. The Labute approximate surface area is 162 Å². The van der Waals surface area contributed by atoms with E-state index >= 15 is 0 Å². The molecule has 3 aromatic rings. The summed E-state index contributed by atoms with van der Waals surface area (Å²) in [6.45, 7) is 5.89. The Morgan fingerprint density at radius 2 is 1.79 bits per heavy atom. The van der Waals surface area contributed by atoms with E-state index in [1.165, 1.54) is 12.1 Å². The predicted octanol–water partition coefficient (Wildman–Crippen LogP) is 4.11. The van der Waals surface area contributed by atoms with Gasteiger partial charge < -0.3 is 19.5 Å². The number of benzene rings is 2. The van der Waals surface area contributed by atoms with Crippen molar-refractivity contribution in [2.24, 2.45) is 0 Å². The molecule has 0 aliphatic carbocycles. The molecular formula is C22H21NO5. The quantitative estimate of drug-likeness (QED) is 0.627. The molecule has 0 radical (unpaired) electrons. The predicted molar refractivity (Wildman–Crippen MR) is 110 cm³/mol. The minimum absolute atomic E-state index is 0.0861. The van der Waals surface area contributed by atoms with Crippen molar-refractivity contribution in [3.05, 3.63) is 64.3 Å². The molecule has 0 fully saturated rings. The number of rotatable bonds is 6. The van der Waals surface area contributed by atoms with Crippen LogP contribution in [0.2, 0.25) is 0 Å². The monoisotopic (exact) mass is 379 g/mol. The van der Waals surface area contributed by atoms with E-state index in [0.717, 1.165) is 24.9 Å². The van der Waals surface area contributed by atoms with Crippen molar-refractivity contribution in [1.82, 2.24) is 0 Å². The van der Waals surface area contributed by atoms with Gasteiger partial charge in [0, 0.05) is 30.4 Å². The van der Waals surface area contributed by atoms with Crippen LogP contribution in [0.5, 0.6) is 5.75 Å². The molecule has 0 unspecified atom stereocenters. The lowest BCUT2D eigenvalue weighted by Crippen LogP contribution is -2.21. The lowest BCUT2D eigenvalue weighted by Gasteiger charge is -2.21. The zero-order valence-corrected chi connectivity index (χ0v) is 15.7. The van der Waals surface area contributed by atoms with Crippen molar-refractivity contribution >= 4 is 28.7 Å². The molecule has 0 spiro atoms. The molecule has 2 N–H and O–H groups in total. The molecule has 0 saturated carbocycles. The zero-order valence-electron chi connectivity index (χ0n) is 15.7. The second kappa shape index (κ2) is 8.00. The van der Waals surface area contributed by atoms with Gasteiger partial charge in [-0.1, -0.05) is 6.07 Å². The summed E-state index contributed by atoms with van der Waals surface area (Å²) in [5, 5.41) is 19.3. The summed E-state index contributed by atoms with van der Waals surface area (Å²) >= 11 is 0. The van der Waals surface area contributed by atoms with E-state index in [0.29, 0.717) is 11.1 Å². The molecule has 0 aliphatic rings. The van der Waals surface area contributed by atoms with Gasteiger partial charge in [0.25, 0.3) is 0 Å². The first-order chi connectivity index (χ1) is 13.4. The topological polar surface area (TPSA) is 91.0 Å². The molecule has 1 aromatic heterocycles. The molecule has 144 valence electrons. The maximum absolute atomic E-state index is 12.5. The van der Waals surface area contributed by atoms with E-state index in [1.54, 1.807) is 24.3 Å². The van der Waals surface area contributed by atoms with Gasteiger partial charge in [-0.15, -0.1) is 0 Å². The van der Waals surface area contributed by atoms with Gasteiger partial charge in [0.2, 0.25) is 11.2 Å². The van der Waals surface area contributed by atoms with Gasteiger partial charge in [0.1, 0.15) is 5.58 Å². The normalized spacial score (nSPS) is 11.2. The molecule has 0 amide bonds. The van der Waals surface area contributed by atoms with E-state index in [2.05, 4.69) is 18.7 Å². The summed E-state index contributed by atoms with van der Waals surface area (Å²) in [7, 11) is 0. The van der Waals surface area contributed by atoms with Crippen LogP contribution in [-0.4, -0.2) is 29.3 Å². The van der Waals surface area contributed by atoms with Crippen LogP contribution in [0.25, 0.3) is 28.4 Å². The minimum Gasteiger partial charge on any atom is -0.502 e. The number of aromatic hydroxyl groups is 1. The largest absolute Gasteiger partial charge is 0.502 e. The van der Waals surface area contributed by atoms with Gasteiger partial charge in [0.05, 0.1) is 5.39 Å². The fourth-order valence-corrected chi connectivity index (χ4v) is 3.08. The van der Waals surface area contributed by atoms with Crippen molar-refractivity contribution in [2.75, 3.05) is 18.0 Å². The van der Waals surface area contributed by atoms with Crippen LogP contribution in [0, 0.1) is 0 Å². The van der Waals surface area contributed by atoms with Crippen LogP contribution in [0.15, 0.2) is 57.8 Å². The van der Waals surface area contributed by atoms with E-state index in [-0.39, 0.29) is 16.7 Å². The molecule has 0 bridgehead atoms. The molecule has 6 nitrogen and oxygen atoms in total. The Bertz CT molecular complexity index is 1090. The van der Waals surface area contributed by atoms with Crippen LogP contribution in [0.3, 0.4) is 0 Å². The average Bonchev–Trinajstić information content (AvgIpc) is 2.70. The number of hydrogen-bond donors (Lipinski definition) is 2. The average molecular weight is 379 g/mol. The molecule has 0 saturated heterocycles. The van der Waals surface area contributed by atoms with Gasteiger partial charge >= 0.3 is 5.97 Å². The van der Waals surface area contributed by atoms with Crippen LogP contribution >= 0.6 is 0 Å². The number of anilines is 1. The second-order valence-corrected chi connectivity index (χ2v) is 6.26. The standard InChI is InChI=1S/C22H21NO5/c1-3-23(4-2)16-9-7-15(8-10-16)22-21(27)20(26)17-11-5-14(6-12-19(24)25)13-18(17)28-22/h5-13,27H,3-4H2,1-2H3,(H,24,25)/b12-6+. The number of nitrogens with zero attached hydrogens (tertiary/aromatic N) is 1. The van der Waals surface area contributed by atoms with Gasteiger partial charge in [0.15, 0.2) is 5.76 Å². The maximum atomic E-state index is 12.5. The number of aliphatic carboxylic acids is 1. The summed E-state index contributed by atoms with van der Waals surface area (Å²) in [4.78, 5) is 25.4. The van der Waals surface area contributed by atoms with Crippen molar-refractivity contribution in [2.45, 2.75) is 13.8 Å². The smallest absolute Gasteiger partial charge is 0.328 e. The molecule has 0 atom stereocenters. The van der Waals surface area contributed by atoms with Crippen molar-refractivity contribution < 1.29 is 19.4 Å². The van der Waals surface area contributed by atoms with Crippen LogP contribution in [0.1, 0.15) is 19.4 Å². The molecule has 1 heterocycles. The first kappa shape index (κ1) is 19.2. The van der Waals surface area contributed by atoms with Crippen LogP contribution in [0.4, 0.5) is 5.69 Å². The van der Waals surface area contributed by atoms with Crippen LogP contribution in [-0.2, 0) is 4.79 Å². The summed E-state index contributed by atoms with van der Waals surface area (Å²) in [6.07, 6.45) is 2.42. The van der Waals surface area contributed by atoms with Crippen LogP contribution < -0.4 is 10.3 Å². The fourth-order valence-electron chi connectivity index (χ4n) is 3.08. The Morgan fingerprint density at radius 3 is 2.39 bits per heavy atom. The van der Waals surface area contributed by atoms with E-state index in [4.69, 9.17) is 9.52 Å². The molecule has 6 heteroatoms. The number of carbonyl (C=O) groups is 1. The lowest BCUT2D eigenvalue weighted by atomic mass is 10.1. The maximum Gasteiger partial charge on any atom is 0.328 e. The summed E-state index contributed by atoms with van der Waals surface area (Å²) < 4.78 is 5.82. The Hall–Kier alpha value is -3.54. The first-order valence-corrected chi connectivity index (χ1v) is 9.00. The molecule has 3 rings (SSSR count). The SMILES string of the molecule is CCN(CC)c1ccc(-c2oc3cc(/C=C/C(=O)O)ccc3c(=O)c2O)cc1. The van der Waals surface area contributed by atoms with Crippen molar-refractivity contribution in [1.29, 1.82) is 0 Å². The molecule has 2 aromatic carbocycles. The van der Waals surface area contributed by atoms with E-state index in [9.17, 15) is 14.7 Å². The third-order valence-electron chi connectivity index (χ3n) is 4.57. The Morgan fingerprint density at radius 1 is 1.11 bits per heavy atom. The lowest BCUT2D eigenvalue weighted by molar-refractivity contribution is -0.131. The Kier molecular flexibility index (Phi) is 5.49. The molecule has 0 aliphatic heterocycles. The highest BCUT2D eigenvalue weighted by atomic mass is 16.4. The Balaban J connectivity index is 2.09. The third kappa shape index (κ3) is 3.76. The first-order valence-electron chi connectivity index (χ1n) is 9.00. The van der Waals surface area contributed by atoms with Gasteiger partial charge in [-0.25, -0.2) is 4.79 Å². The summed E-state index contributed by atoms with van der Waals surface area (Å²) in [5.41, 5.74) is 1.94. The highest BCUT2D eigenvalue weighted by Crippen LogP contribution is 2.31. The van der Waals surface area contributed by atoms with Gasteiger partial charge in [-0.2, -0.15) is 0 Å². The van der Waals surface area contributed by atoms with Gasteiger partial charge in [-0.05, 0) is 61.9 Å². The fraction of sp³-hybridized carbons (Fsp3) is 0.182.